The number of sulfone groups is 1. The van der Waals surface area contributed by atoms with Crippen molar-refractivity contribution in [1.29, 1.82) is 0 Å². The Kier molecular flexibility index (Phi) is 6.31. The number of carbonyl (C=O) groups excluding carboxylic acids is 1. The maximum atomic E-state index is 13.3. The molecule has 1 amide bonds. The summed E-state index contributed by atoms with van der Waals surface area (Å²) in [7, 11) is -4.06. The fourth-order valence-electron chi connectivity index (χ4n) is 3.75. The molecule has 0 aliphatic carbocycles. The van der Waals surface area contributed by atoms with Gasteiger partial charge in [0.1, 0.15) is 5.69 Å². The zero-order valence-corrected chi connectivity index (χ0v) is 19.3. The summed E-state index contributed by atoms with van der Waals surface area (Å²) >= 11 is 0. The van der Waals surface area contributed by atoms with Crippen molar-refractivity contribution >= 4 is 21.4 Å². The Morgan fingerprint density at radius 2 is 1.56 bits per heavy atom. The van der Waals surface area contributed by atoms with E-state index >= 15 is 0 Å². The van der Waals surface area contributed by atoms with Gasteiger partial charge in [-0.3, -0.25) is 9.78 Å². The first kappa shape index (κ1) is 25.6. The molecule has 1 aromatic carbocycles. The average Bonchev–Trinajstić information content (AvgIpc) is 3.25. The highest BCUT2D eigenvalue weighted by atomic mass is 32.2. The second-order valence-electron chi connectivity index (χ2n) is 7.94. The Morgan fingerprint density at radius 3 is 2.14 bits per heavy atom. The lowest BCUT2D eigenvalue weighted by Gasteiger charge is -2.19. The van der Waals surface area contributed by atoms with Gasteiger partial charge in [0.15, 0.2) is 9.84 Å². The van der Waals surface area contributed by atoms with E-state index in [1.807, 2.05) is 0 Å². The highest BCUT2D eigenvalue weighted by Gasteiger charge is 2.36. The molecule has 0 radical (unpaired) electrons. The van der Waals surface area contributed by atoms with Gasteiger partial charge in [0.25, 0.3) is 5.91 Å². The topological polar surface area (TPSA) is 80.2 Å². The number of pyridine rings is 2. The molecule has 0 saturated heterocycles. The monoisotopic (exact) mass is 529 g/mol. The molecule has 3 heterocycles. The molecule has 0 bridgehead atoms. The van der Waals surface area contributed by atoms with E-state index in [-0.39, 0.29) is 35.5 Å². The Hall–Kier alpha value is -3.48. The first-order valence-corrected chi connectivity index (χ1v) is 12.2. The lowest BCUT2D eigenvalue weighted by Crippen LogP contribution is -2.31. The third-order valence-corrected chi connectivity index (χ3v) is 7.44. The first-order valence-electron chi connectivity index (χ1n) is 10.5. The first-order chi connectivity index (χ1) is 16.7. The standard InChI is InChI=1S/C23H17F6N3O3S/c1-2-36(34,35)19-9-14(13-3-5-15(6-4-13)22(24,25)26)11-31-20(19)21(33)32-8-7-17-18(32)10-16(12-30-17)23(27,28)29/h3-6,9-12H,2,7-8H2,1H3. The summed E-state index contributed by atoms with van der Waals surface area (Å²) in [5.41, 5.74) is -1.93. The Bertz CT molecular complexity index is 1430. The predicted molar refractivity (Wildman–Crippen MR) is 117 cm³/mol. The van der Waals surface area contributed by atoms with E-state index < -0.39 is 55.6 Å². The molecule has 0 fully saturated rings. The number of benzene rings is 1. The molecule has 0 spiro atoms. The highest BCUT2D eigenvalue weighted by molar-refractivity contribution is 7.91. The smallest absolute Gasteiger partial charge is 0.305 e. The Balaban J connectivity index is 1.77. The van der Waals surface area contributed by atoms with Crippen LogP contribution in [0.15, 0.2) is 53.7 Å². The second-order valence-corrected chi connectivity index (χ2v) is 10.2. The fourth-order valence-corrected chi connectivity index (χ4v) is 4.80. The molecule has 0 N–H and O–H groups in total. The van der Waals surface area contributed by atoms with Gasteiger partial charge in [-0.25, -0.2) is 13.4 Å². The second kappa shape index (κ2) is 8.87. The van der Waals surface area contributed by atoms with Gasteiger partial charge in [0, 0.05) is 30.9 Å². The maximum absolute atomic E-state index is 13.3. The summed E-state index contributed by atoms with van der Waals surface area (Å²) in [6, 6.07) is 5.85. The van der Waals surface area contributed by atoms with Crippen molar-refractivity contribution in [2.45, 2.75) is 30.6 Å². The molecule has 1 aliphatic heterocycles. The maximum Gasteiger partial charge on any atom is 0.417 e. The number of carbonyl (C=O) groups is 1. The van der Waals surface area contributed by atoms with Crippen LogP contribution in [-0.4, -0.2) is 36.6 Å². The van der Waals surface area contributed by atoms with Crippen molar-refractivity contribution in [3.05, 3.63) is 71.3 Å². The SMILES string of the molecule is CCS(=O)(=O)c1cc(-c2ccc(C(F)(F)F)cc2)cnc1C(=O)N1CCc2ncc(C(F)(F)F)cc21. The molecule has 6 nitrogen and oxygen atoms in total. The molecule has 4 rings (SSSR count). The van der Waals surface area contributed by atoms with E-state index in [1.165, 1.54) is 6.92 Å². The molecule has 36 heavy (non-hydrogen) atoms. The van der Waals surface area contributed by atoms with E-state index in [4.69, 9.17) is 0 Å². The van der Waals surface area contributed by atoms with Gasteiger partial charge in [-0.1, -0.05) is 19.1 Å². The number of hydrogen-bond acceptors (Lipinski definition) is 5. The predicted octanol–water partition coefficient (Wildman–Crippen LogP) is 5.18. The zero-order valence-electron chi connectivity index (χ0n) is 18.5. The van der Waals surface area contributed by atoms with E-state index in [0.29, 0.717) is 6.20 Å². The van der Waals surface area contributed by atoms with Crippen LogP contribution in [0, 0.1) is 0 Å². The van der Waals surface area contributed by atoms with Crippen LogP contribution in [0.25, 0.3) is 11.1 Å². The minimum Gasteiger partial charge on any atom is -0.305 e. The highest BCUT2D eigenvalue weighted by Crippen LogP contribution is 2.36. The number of hydrogen-bond donors (Lipinski definition) is 0. The van der Waals surface area contributed by atoms with Gasteiger partial charge in [-0.2, -0.15) is 26.3 Å². The van der Waals surface area contributed by atoms with Crippen LogP contribution in [0.3, 0.4) is 0 Å². The van der Waals surface area contributed by atoms with Crippen LogP contribution in [-0.2, 0) is 28.6 Å². The van der Waals surface area contributed by atoms with E-state index in [9.17, 15) is 39.6 Å². The number of aromatic nitrogens is 2. The molecule has 3 aromatic rings. The van der Waals surface area contributed by atoms with Crippen molar-refractivity contribution in [1.82, 2.24) is 9.97 Å². The Labute approximate surface area is 201 Å². The largest absolute Gasteiger partial charge is 0.417 e. The third kappa shape index (κ3) is 4.79. The number of amides is 1. The van der Waals surface area contributed by atoms with Crippen molar-refractivity contribution in [3.63, 3.8) is 0 Å². The molecular weight excluding hydrogens is 512 g/mol. The summed E-state index contributed by atoms with van der Waals surface area (Å²) < 4.78 is 104. The average molecular weight is 529 g/mol. The minimum absolute atomic E-state index is 0.0313. The van der Waals surface area contributed by atoms with Crippen LogP contribution in [0.1, 0.15) is 34.2 Å². The summed E-state index contributed by atoms with van der Waals surface area (Å²) in [6.45, 7) is 1.30. The molecule has 1 aliphatic rings. The number of nitrogens with zero attached hydrogens (tertiary/aromatic N) is 3. The van der Waals surface area contributed by atoms with Gasteiger partial charge in [0.2, 0.25) is 0 Å². The summed E-state index contributed by atoms with van der Waals surface area (Å²) in [5, 5.41) is 0. The van der Waals surface area contributed by atoms with Gasteiger partial charge in [-0.15, -0.1) is 0 Å². The van der Waals surface area contributed by atoms with Crippen LogP contribution in [0.2, 0.25) is 0 Å². The molecule has 0 unspecified atom stereocenters. The van der Waals surface area contributed by atoms with Gasteiger partial charge >= 0.3 is 12.4 Å². The van der Waals surface area contributed by atoms with Crippen LogP contribution in [0.5, 0.6) is 0 Å². The van der Waals surface area contributed by atoms with E-state index in [1.54, 1.807) is 0 Å². The van der Waals surface area contributed by atoms with Crippen LogP contribution < -0.4 is 4.90 Å². The van der Waals surface area contributed by atoms with Crippen molar-refractivity contribution in [3.8, 4) is 11.1 Å². The Morgan fingerprint density at radius 1 is 0.917 bits per heavy atom. The molecule has 190 valence electrons. The van der Waals surface area contributed by atoms with Gasteiger partial charge < -0.3 is 4.90 Å². The summed E-state index contributed by atoms with van der Waals surface area (Å²) in [6.07, 6.45) is -7.30. The lowest BCUT2D eigenvalue weighted by molar-refractivity contribution is -0.138. The molecule has 0 saturated carbocycles. The van der Waals surface area contributed by atoms with E-state index in [0.717, 1.165) is 47.5 Å². The third-order valence-electron chi connectivity index (χ3n) is 5.70. The van der Waals surface area contributed by atoms with Gasteiger partial charge in [-0.05, 0) is 29.8 Å². The fraction of sp³-hybridized carbons (Fsp3) is 0.261. The number of fused-ring (bicyclic) bond motifs is 1. The number of anilines is 1. The van der Waals surface area contributed by atoms with Crippen LogP contribution >= 0.6 is 0 Å². The lowest BCUT2D eigenvalue weighted by atomic mass is 10.0. The van der Waals surface area contributed by atoms with Crippen molar-refractivity contribution < 1.29 is 39.6 Å². The number of alkyl halides is 6. The van der Waals surface area contributed by atoms with Crippen LogP contribution in [0.4, 0.5) is 32.0 Å². The zero-order chi connectivity index (χ0) is 26.5. The van der Waals surface area contributed by atoms with Crippen molar-refractivity contribution in [2.75, 3.05) is 17.2 Å². The van der Waals surface area contributed by atoms with Gasteiger partial charge in [0.05, 0.1) is 33.2 Å². The molecule has 2 aromatic heterocycles. The van der Waals surface area contributed by atoms with E-state index in [2.05, 4.69) is 9.97 Å². The quantitative estimate of drug-likeness (QED) is 0.436. The molecule has 0 atom stereocenters. The number of halogens is 6. The summed E-state index contributed by atoms with van der Waals surface area (Å²) in [5.74, 6) is -1.34. The molecule has 13 heteroatoms. The number of rotatable bonds is 4. The minimum atomic E-state index is -4.70. The summed E-state index contributed by atoms with van der Waals surface area (Å²) in [4.78, 5) is 21.6. The molecular formula is C23H17F6N3O3S. The normalized spacial score (nSPS) is 14.1. The van der Waals surface area contributed by atoms with Crippen molar-refractivity contribution in [2.24, 2.45) is 0 Å².